The van der Waals surface area contributed by atoms with Gasteiger partial charge in [-0.1, -0.05) is 0 Å². The summed E-state index contributed by atoms with van der Waals surface area (Å²) in [7, 11) is -1.70. The maximum absolute atomic E-state index is 13.5. The van der Waals surface area contributed by atoms with Crippen LogP contribution in [0.5, 0.6) is 0 Å². The van der Waals surface area contributed by atoms with Gasteiger partial charge in [0, 0.05) is 69.0 Å². The Kier molecular flexibility index (Phi) is 7.74. The molecule has 202 valence electrons. The maximum Gasteiger partial charge on any atom is 0.417 e. The molecule has 1 aromatic carbocycles. The monoisotopic (exact) mass is 551 g/mol. The van der Waals surface area contributed by atoms with Crippen molar-refractivity contribution >= 4 is 38.5 Å². The van der Waals surface area contributed by atoms with Gasteiger partial charge in [0.25, 0.3) is 0 Å². The molecule has 3 aromatic rings. The zero-order valence-electron chi connectivity index (χ0n) is 20.6. The van der Waals surface area contributed by atoms with Gasteiger partial charge in [0.15, 0.2) is 5.82 Å². The van der Waals surface area contributed by atoms with E-state index in [0.29, 0.717) is 60.7 Å². The smallest absolute Gasteiger partial charge is 0.354 e. The van der Waals surface area contributed by atoms with Crippen LogP contribution in [0.15, 0.2) is 46.5 Å². The SMILES string of the molecule is CN=C(CC=N)c1nnc(N2CCC(N(C)S(=O)(=O)c3ccc(F)cc3C(F)(F)F)CC2)c2cnccc12. The second-order valence-electron chi connectivity index (χ2n) is 8.75. The van der Waals surface area contributed by atoms with Crippen LogP contribution < -0.4 is 4.90 Å². The van der Waals surface area contributed by atoms with Crippen molar-refractivity contribution in [1.29, 1.82) is 5.41 Å². The average Bonchev–Trinajstić information content (AvgIpc) is 2.90. The van der Waals surface area contributed by atoms with Gasteiger partial charge in [-0.2, -0.15) is 17.5 Å². The normalized spacial score (nSPS) is 15.9. The van der Waals surface area contributed by atoms with Crippen LogP contribution in [-0.2, 0) is 16.2 Å². The lowest BCUT2D eigenvalue weighted by Gasteiger charge is -2.37. The lowest BCUT2D eigenvalue weighted by molar-refractivity contribution is -0.140. The lowest BCUT2D eigenvalue weighted by Crippen LogP contribution is -2.46. The summed E-state index contributed by atoms with van der Waals surface area (Å²) in [6.45, 7) is 0.737. The van der Waals surface area contributed by atoms with Crippen molar-refractivity contribution in [3.05, 3.63) is 53.7 Å². The molecule has 1 N–H and O–H groups in total. The van der Waals surface area contributed by atoms with Crippen molar-refractivity contribution in [1.82, 2.24) is 19.5 Å². The van der Waals surface area contributed by atoms with E-state index in [9.17, 15) is 26.0 Å². The van der Waals surface area contributed by atoms with Crippen molar-refractivity contribution in [2.24, 2.45) is 4.99 Å². The first-order chi connectivity index (χ1) is 18.0. The van der Waals surface area contributed by atoms with Crippen molar-refractivity contribution in [2.45, 2.75) is 36.4 Å². The van der Waals surface area contributed by atoms with Crippen molar-refractivity contribution in [3.63, 3.8) is 0 Å². The summed E-state index contributed by atoms with van der Waals surface area (Å²) in [6.07, 6.45) is 0.387. The Morgan fingerprint density at radius 3 is 2.55 bits per heavy atom. The minimum atomic E-state index is -5.03. The molecule has 1 saturated heterocycles. The summed E-state index contributed by atoms with van der Waals surface area (Å²) in [4.78, 5) is 9.37. The number of nitrogens with one attached hydrogen (secondary N) is 1. The summed E-state index contributed by atoms with van der Waals surface area (Å²) in [6, 6.07) is 2.76. The van der Waals surface area contributed by atoms with Crippen LogP contribution >= 0.6 is 0 Å². The van der Waals surface area contributed by atoms with Crippen LogP contribution in [0.3, 0.4) is 0 Å². The highest BCUT2D eigenvalue weighted by Crippen LogP contribution is 2.37. The number of hydrogen-bond donors (Lipinski definition) is 1. The lowest BCUT2D eigenvalue weighted by atomic mass is 10.0. The minimum absolute atomic E-state index is 0.196. The van der Waals surface area contributed by atoms with E-state index in [1.165, 1.54) is 13.3 Å². The Morgan fingerprint density at radius 2 is 1.92 bits per heavy atom. The summed E-state index contributed by atoms with van der Waals surface area (Å²) in [5.41, 5.74) is -0.397. The molecule has 1 aliphatic heterocycles. The molecule has 0 amide bonds. The third-order valence-electron chi connectivity index (χ3n) is 6.58. The fourth-order valence-corrected chi connectivity index (χ4v) is 6.17. The van der Waals surface area contributed by atoms with Crippen molar-refractivity contribution in [2.75, 3.05) is 32.1 Å². The van der Waals surface area contributed by atoms with E-state index >= 15 is 0 Å². The summed E-state index contributed by atoms with van der Waals surface area (Å²) in [5.74, 6) is -0.625. The first-order valence-corrected chi connectivity index (χ1v) is 13.1. The molecule has 0 spiro atoms. The van der Waals surface area contributed by atoms with Gasteiger partial charge in [-0.3, -0.25) is 9.98 Å². The van der Waals surface area contributed by atoms with Crippen LogP contribution in [0, 0.1) is 11.2 Å². The molecule has 4 rings (SSSR count). The average molecular weight is 552 g/mol. The zero-order chi connectivity index (χ0) is 27.7. The van der Waals surface area contributed by atoms with Gasteiger partial charge in [0.2, 0.25) is 10.0 Å². The van der Waals surface area contributed by atoms with E-state index in [4.69, 9.17) is 5.41 Å². The first-order valence-electron chi connectivity index (χ1n) is 11.6. The van der Waals surface area contributed by atoms with E-state index in [0.717, 1.165) is 9.69 Å². The number of nitrogens with zero attached hydrogens (tertiary/aromatic N) is 6. The topological polar surface area (TPSA) is 115 Å². The van der Waals surface area contributed by atoms with Gasteiger partial charge in [0.1, 0.15) is 11.5 Å². The second kappa shape index (κ2) is 10.7. The number of aromatic nitrogens is 3. The first kappa shape index (κ1) is 27.5. The predicted octanol–water partition coefficient (Wildman–Crippen LogP) is 3.93. The van der Waals surface area contributed by atoms with Gasteiger partial charge in [-0.05, 0) is 37.1 Å². The van der Waals surface area contributed by atoms with Crippen LogP contribution in [-0.4, -0.2) is 73.1 Å². The fourth-order valence-electron chi connectivity index (χ4n) is 4.56. The Morgan fingerprint density at radius 1 is 1.21 bits per heavy atom. The number of alkyl halides is 3. The van der Waals surface area contributed by atoms with Gasteiger partial charge in [0.05, 0.1) is 16.2 Å². The highest BCUT2D eigenvalue weighted by Gasteiger charge is 2.40. The van der Waals surface area contributed by atoms with Gasteiger partial charge in [-0.25, -0.2) is 12.8 Å². The summed E-state index contributed by atoms with van der Waals surface area (Å²) < 4.78 is 81.2. The molecule has 0 unspecified atom stereocenters. The van der Waals surface area contributed by atoms with E-state index in [2.05, 4.69) is 20.2 Å². The number of rotatable bonds is 7. The largest absolute Gasteiger partial charge is 0.417 e. The summed E-state index contributed by atoms with van der Waals surface area (Å²) >= 11 is 0. The quantitative estimate of drug-likeness (QED) is 0.352. The standard InChI is InChI=1S/C24H25F4N7O2S/c1-30-20(5-9-29)22-17-6-10-31-14-18(17)23(33-32-22)35-11-7-16(8-12-35)34(2)38(36,37)21-4-3-15(25)13-19(21)24(26,27)28/h3-4,6,9-10,13-14,16,29H,5,7-8,11-12H2,1-2H3. The van der Waals surface area contributed by atoms with Crippen molar-refractivity contribution < 1.29 is 26.0 Å². The second-order valence-corrected chi connectivity index (χ2v) is 10.7. The molecule has 0 bridgehead atoms. The fraction of sp³-hybridized carbons (Fsp3) is 0.375. The number of sulfonamides is 1. The molecular weight excluding hydrogens is 526 g/mol. The summed E-state index contributed by atoms with van der Waals surface area (Å²) in [5, 5.41) is 17.6. The Labute approximate surface area is 216 Å². The number of anilines is 1. The molecular formula is C24H25F4N7O2S. The van der Waals surface area contributed by atoms with Gasteiger partial charge in [-0.15, -0.1) is 10.2 Å². The van der Waals surface area contributed by atoms with Crippen molar-refractivity contribution in [3.8, 4) is 0 Å². The van der Waals surface area contributed by atoms with E-state index in [-0.39, 0.29) is 12.5 Å². The maximum atomic E-state index is 13.5. The molecule has 9 nitrogen and oxygen atoms in total. The number of benzene rings is 1. The van der Waals surface area contributed by atoms with E-state index in [1.54, 1.807) is 25.5 Å². The molecule has 0 radical (unpaired) electrons. The van der Waals surface area contributed by atoms with E-state index in [1.807, 2.05) is 4.90 Å². The Hall–Kier alpha value is -3.52. The number of hydrogen-bond acceptors (Lipinski definition) is 8. The van der Waals surface area contributed by atoms with Gasteiger partial charge >= 0.3 is 6.18 Å². The number of halogens is 4. The Balaban J connectivity index is 1.58. The molecule has 0 atom stereocenters. The van der Waals surface area contributed by atoms with Crippen LogP contribution in [0.4, 0.5) is 23.4 Å². The molecule has 38 heavy (non-hydrogen) atoms. The molecule has 0 saturated carbocycles. The minimum Gasteiger partial charge on any atom is -0.354 e. The number of pyridine rings is 1. The molecule has 1 fully saturated rings. The third-order valence-corrected chi connectivity index (χ3v) is 8.55. The molecule has 1 aliphatic rings. The third kappa shape index (κ3) is 5.23. The molecule has 2 aromatic heterocycles. The van der Waals surface area contributed by atoms with E-state index < -0.39 is 38.5 Å². The predicted molar refractivity (Wildman–Crippen MR) is 135 cm³/mol. The van der Waals surface area contributed by atoms with Crippen LogP contribution in [0.25, 0.3) is 10.8 Å². The Bertz CT molecular complexity index is 1490. The molecule has 3 heterocycles. The highest BCUT2D eigenvalue weighted by atomic mass is 32.2. The molecule has 14 heteroatoms. The van der Waals surface area contributed by atoms with Crippen LogP contribution in [0.2, 0.25) is 0 Å². The highest BCUT2D eigenvalue weighted by molar-refractivity contribution is 7.89. The number of aliphatic imine (C=N–C) groups is 1. The molecule has 0 aliphatic carbocycles. The zero-order valence-corrected chi connectivity index (χ0v) is 21.4. The van der Waals surface area contributed by atoms with Crippen LogP contribution in [0.1, 0.15) is 30.5 Å². The number of fused-ring (bicyclic) bond motifs is 1. The van der Waals surface area contributed by atoms with Gasteiger partial charge < -0.3 is 10.3 Å². The number of piperidine rings is 1.